The average molecular weight is 480 g/mol. The molecule has 8 heteroatoms. The first kappa shape index (κ1) is 23.6. The van der Waals surface area contributed by atoms with E-state index in [1.165, 1.54) is 6.92 Å². The summed E-state index contributed by atoms with van der Waals surface area (Å²) in [6.07, 6.45) is 1.21. The zero-order valence-electron chi connectivity index (χ0n) is 21.3. The molecule has 0 aromatic rings. The van der Waals surface area contributed by atoms with Crippen LogP contribution in [0.15, 0.2) is 0 Å². The fourth-order valence-corrected chi connectivity index (χ4v) is 11.1. The van der Waals surface area contributed by atoms with Crippen LogP contribution < -0.4 is 0 Å². The van der Waals surface area contributed by atoms with E-state index < -0.39 is 34.7 Å². The monoisotopic (exact) mass is 479 g/mol. The molecule has 2 N–H and O–H groups in total. The lowest BCUT2D eigenvalue weighted by atomic mass is 9.41. The summed E-state index contributed by atoms with van der Waals surface area (Å²) < 4.78 is 25.0. The Morgan fingerprint density at radius 1 is 1.15 bits per heavy atom. The second-order valence-corrected chi connectivity index (χ2v) is 12.3. The van der Waals surface area contributed by atoms with Gasteiger partial charge in [0.15, 0.2) is 0 Å². The Balaban J connectivity index is 1.70. The van der Waals surface area contributed by atoms with Gasteiger partial charge in [0.2, 0.25) is 0 Å². The number of aliphatic hydroxyl groups excluding tert-OH is 1. The Hall–Kier alpha value is -0.770. The van der Waals surface area contributed by atoms with Crippen LogP contribution in [-0.4, -0.2) is 97.2 Å². The topological polar surface area (TPSA) is 97.7 Å². The SMILES string of the molecule is CCN1C[C@@]2(C)CC[C@@H](OC)[C@@]34[C@@H]1[C@@H]([C@@H](OC(C)=O)[C@@H]23)[C@@]1(OC)C[C@H](OC)[C@H]2C[C@]4(O)[C@@H]1[C@@H]2O. The summed E-state index contributed by atoms with van der Waals surface area (Å²) in [5.74, 6) is -1.22. The van der Waals surface area contributed by atoms with E-state index in [4.69, 9.17) is 18.9 Å². The number of fused-ring (bicyclic) bond motifs is 2. The molecule has 0 unspecified atom stereocenters. The second-order valence-electron chi connectivity index (χ2n) is 12.3. The van der Waals surface area contributed by atoms with Crippen LogP contribution in [0.4, 0.5) is 0 Å². The van der Waals surface area contributed by atoms with Gasteiger partial charge in [-0.3, -0.25) is 9.69 Å². The third-order valence-electron chi connectivity index (χ3n) is 11.6. The molecule has 8 nitrogen and oxygen atoms in total. The van der Waals surface area contributed by atoms with Gasteiger partial charge in [-0.1, -0.05) is 13.8 Å². The predicted octanol–water partition coefficient (Wildman–Crippen LogP) is 1.22. The summed E-state index contributed by atoms with van der Waals surface area (Å²) in [5.41, 5.74) is -2.91. The normalized spacial score (nSPS) is 59.2. The van der Waals surface area contributed by atoms with Crippen LogP contribution in [0.2, 0.25) is 0 Å². The molecule has 7 bridgehead atoms. The Kier molecular flexibility index (Phi) is 4.98. The largest absolute Gasteiger partial charge is 0.462 e. The Morgan fingerprint density at radius 2 is 1.88 bits per heavy atom. The molecule has 13 atom stereocenters. The van der Waals surface area contributed by atoms with Crippen molar-refractivity contribution in [2.24, 2.45) is 34.5 Å². The van der Waals surface area contributed by atoms with E-state index in [0.29, 0.717) is 12.8 Å². The highest BCUT2D eigenvalue weighted by molar-refractivity contribution is 5.66. The summed E-state index contributed by atoms with van der Waals surface area (Å²) in [7, 11) is 5.13. The minimum atomic E-state index is -1.22. The Bertz CT molecular complexity index is 885. The molecule has 1 aliphatic heterocycles. The highest BCUT2D eigenvalue weighted by atomic mass is 16.6. The highest BCUT2D eigenvalue weighted by Crippen LogP contribution is 2.81. The number of esters is 1. The second kappa shape index (κ2) is 7.17. The average Bonchev–Trinajstić information content (AvgIpc) is 3.15. The van der Waals surface area contributed by atoms with Crippen LogP contribution in [0.5, 0.6) is 0 Å². The molecule has 6 fully saturated rings. The molecule has 5 saturated carbocycles. The van der Waals surface area contributed by atoms with E-state index in [2.05, 4.69) is 18.7 Å². The first-order valence-corrected chi connectivity index (χ1v) is 13.0. The van der Waals surface area contributed by atoms with Crippen molar-refractivity contribution in [2.75, 3.05) is 34.4 Å². The summed E-state index contributed by atoms with van der Waals surface area (Å²) in [5, 5.41) is 24.8. The molecule has 0 amide bonds. The number of piperidine rings is 1. The zero-order valence-corrected chi connectivity index (χ0v) is 21.3. The Labute approximate surface area is 202 Å². The number of aliphatic hydroxyl groups is 2. The van der Waals surface area contributed by atoms with E-state index in [1.807, 2.05) is 0 Å². The zero-order chi connectivity index (χ0) is 24.4. The van der Waals surface area contributed by atoms with Crippen LogP contribution in [0.25, 0.3) is 0 Å². The molecule has 6 rings (SSSR count). The number of hydrogen-bond acceptors (Lipinski definition) is 8. The molecule has 6 aliphatic rings. The van der Waals surface area contributed by atoms with Gasteiger partial charge in [0.25, 0.3) is 0 Å². The number of hydrogen-bond donors (Lipinski definition) is 2. The van der Waals surface area contributed by atoms with Gasteiger partial charge in [0.05, 0.1) is 29.5 Å². The first-order valence-electron chi connectivity index (χ1n) is 13.0. The van der Waals surface area contributed by atoms with Crippen LogP contribution >= 0.6 is 0 Å². The van der Waals surface area contributed by atoms with Crippen molar-refractivity contribution in [3.8, 4) is 0 Å². The lowest BCUT2D eigenvalue weighted by Gasteiger charge is -2.71. The maximum Gasteiger partial charge on any atom is 0.302 e. The molecule has 5 aliphatic carbocycles. The number of ether oxygens (including phenoxy) is 4. The number of likely N-dealkylation sites (tertiary alicyclic amines) is 1. The smallest absolute Gasteiger partial charge is 0.302 e. The van der Waals surface area contributed by atoms with E-state index in [0.717, 1.165) is 25.9 Å². The van der Waals surface area contributed by atoms with Gasteiger partial charge in [-0.05, 0) is 31.2 Å². The van der Waals surface area contributed by atoms with Crippen molar-refractivity contribution in [3.63, 3.8) is 0 Å². The van der Waals surface area contributed by atoms with E-state index in [-0.39, 0.29) is 47.4 Å². The standard InChI is InChI=1S/C26H41NO7/c1-7-27-12-23(3)9-8-16(32-5)26-21(23)19(34-13(2)28)17(22(26)27)24(33-6)11-15(31-4)14-10-25(26,30)20(24)18(14)29/h14-22,29-30H,7-12H2,1-6H3/t14-,15+,16-,17-,18-,19-,20-,21+,22+,23-,24+,25+,26+/m1/s1. The fraction of sp³-hybridized carbons (Fsp3) is 0.962. The summed E-state index contributed by atoms with van der Waals surface area (Å²) in [6.45, 7) is 7.68. The van der Waals surface area contributed by atoms with Crippen LogP contribution in [0.1, 0.15) is 46.5 Å². The molecular formula is C26H41NO7. The first-order chi connectivity index (χ1) is 16.1. The van der Waals surface area contributed by atoms with Crippen molar-refractivity contribution < 1.29 is 34.0 Å². The van der Waals surface area contributed by atoms with Crippen molar-refractivity contribution in [2.45, 2.75) is 88.1 Å². The fourth-order valence-electron chi connectivity index (χ4n) is 11.1. The third kappa shape index (κ3) is 2.27. The van der Waals surface area contributed by atoms with Crippen molar-refractivity contribution in [1.82, 2.24) is 4.90 Å². The lowest BCUT2D eigenvalue weighted by Crippen LogP contribution is -2.81. The van der Waals surface area contributed by atoms with Crippen molar-refractivity contribution >= 4 is 5.97 Å². The quantitative estimate of drug-likeness (QED) is 0.568. The summed E-state index contributed by atoms with van der Waals surface area (Å²) in [4.78, 5) is 15.1. The van der Waals surface area contributed by atoms with E-state index >= 15 is 0 Å². The number of carbonyl (C=O) groups excluding carboxylic acids is 1. The lowest BCUT2D eigenvalue weighted by molar-refractivity contribution is -0.328. The van der Waals surface area contributed by atoms with Crippen LogP contribution in [0, 0.1) is 34.5 Å². The van der Waals surface area contributed by atoms with E-state index in [9.17, 15) is 15.0 Å². The number of methoxy groups -OCH3 is 3. The maximum absolute atomic E-state index is 13.1. The molecule has 0 aromatic carbocycles. The highest BCUT2D eigenvalue weighted by Gasteiger charge is 2.91. The molecule has 34 heavy (non-hydrogen) atoms. The molecule has 1 heterocycles. The van der Waals surface area contributed by atoms with Crippen LogP contribution in [0.3, 0.4) is 0 Å². The van der Waals surface area contributed by atoms with Gasteiger partial charge in [0, 0.05) is 76.3 Å². The third-order valence-corrected chi connectivity index (χ3v) is 11.6. The molecule has 0 radical (unpaired) electrons. The minimum Gasteiger partial charge on any atom is -0.462 e. The molecular weight excluding hydrogens is 438 g/mol. The maximum atomic E-state index is 13.1. The van der Waals surface area contributed by atoms with Gasteiger partial charge >= 0.3 is 5.97 Å². The van der Waals surface area contributed by atoms with Gasteiger partial charge in [-0.2, -0.15) is 0 Å². The predicted molar refractivity (Wildman–Crippen MR) is 122 cm³/mol. The van der Waals surface area contributed by atoms with Crippen molar-refractivity contribution in [1.29, 1.82) is 0 Å². The van der Waals surface area contributed by atoms with Gasteiger partial charge in [-0.15, -0.1) is 0 Å². The molecule has 192 valence electrons. The summed E-state index contributed by atoms with van der Waals surface area (Å²) >= 11 is 0. The van der Waals surface area contributed by atoms with E-state index in [1.54, 1.807) is 21.3 Å². The number of carbonyl (C=O) groups is 1. The molecule has 1 saturated heterocycles. The molecule has 1 spiro atoms. The number of rotatable bonds is 5. The summed E-state index contributed by atoms with van der Waals surface area (Å²) in [6, 6.07) is -0.0760. The van der Waals surface area contributed by atoms with Gasteiger partial charge in [-0.25, -0.2) is 0 Å². The Morgan fingerprint density at radius 3 is 2.47 bits per heavy atom. The van der Waals surface area contributed by atoms with Gasteiger partial charge in [0.1, 0.15) is 6.10 Å². The van der Waals surface area contributed by atoms with Crippen molar-refractivity contribution in [3.05, 3.63) is 0 Å². The molecule has 0 aromatic heterocycles. The van der Waals surface area contributed by atoms with Crippen LogP contribution in [-0.2, 0) is 23.7 Å². The minimum absolute atomic E-state index is 0.0741. The van der Waals surface area contributed by atoms with Gasteiger partial charge < -0.3 is 29.2 Å². The number of nitrogens with zero attached hydrogens (tertiary/aromatic N) is 1.